The van der Waals surface area contributed by atoms with Crippen molar-refractivity contribution >= 4 is 28.1 Å². The van der Waals surface area contributed by atoms with E-state index in [4.69, 9.17) is 10.4 Å². The fraction of sp³-hybridized carbons (Fsp3) is 0. The number of nitrogens with two attached hydrogens (primary N) is 1. The molecule has 1 heterocycles. The second-order valence-corrected chi connectivity index (χ2v) is 5.68. The van der Waals surface area contributed by atoms with Crippen LogP contribution in [-0.2, 0) is 10.1 Å². The topological polar surface area (TPSA) is 147 Å². The van der Waals surface area contributed by atoms with Crippen molar-refractivity contribution in [3.8, 4) is 0 Å². The third-order valence-corrected chi connectivity index (χ3v) is 3.66. The maximum Gasteiger partial charge on any atom is 0.295 e. The number of hydrogen-bond acceptors (Lipinski definition) is 7. The lowest BCUT2D eigenvalue weighted by Crippen LogP contribution is -2.30. The Hall–Kier alpha value is -2.82. The number of hydrogen-bond donors (Lipinski definition) is 4. The summed E-state index contributed by atoms with van der Waals surface area (Å²) in [5, 5.41) is 3.84. The molecule has 0 aliphatic rings. The van der Waals surface area contributed by atoms with Gasteiger partial charge in [0.15, 0.2) is 0 Å². The molecule has 0 aliphatic carbocycles. The molecule has 0 spiro atoms. The van der Waals surface area contributed by atoms with Gasteiger partial charge < -0.3 is 0 Å². The van der Waals surface area contributed by atoms with Crippen LogP contribution in [0.1, 0.15) is 15.9 Å². The fourth-order valence-electron chi connectivity index (χ4n) is 1.67. The quantitative estimate of drug-likeness (QED) is 0.203. The summed E-state index contributed by atoms with van der Waals surface area (Å²) in [6.07, 6.45) is 2.53. The molecule has 1 amide bonds. The van der Waals surface area contributed by atoms with Gasteiger partial charge in [0.25, 0.3) is 16.0 Å². The summed E-state index contributed by atoms with van der Waals surface area (Å²) in [5.41, 5.74) is 5.04. The highest BCUT2D eigenvalue weighted by atomic mass is 32.2. The Bertz CT molecular complexity index is 834. The second kappa shape index (κ2) is 6.96. The molecule has 2 rings (SSSR count). The molecule has 9 nitrogen and oxygen atoms in total. The van der Waals surface area contributed by atoms with E-state index < -0.39 is 16.0 Å². The number of hydrazone groups is 1. The number of carbonyl (C=O) groups excluding carboxylic acids is 1. The monoisotopic (exact) mass is 335 g/mol. The average Bonchev–Trinajstić information content (AvgIpc) is 2.54. The number of rotatable bonds is 5. The second-order valence-electron chi connectivity index (χ2n) is 4.29. The first-order valence-corrected chi connectivity index (χ1v) is 7.68. The Morgan fingerprint density at radius 2 is 2.00 bits per heavy atom. The molecule has 0 saturated carbocycles. The minimum atomic E-state index is -4.34. The molecular weight excluding hydrogens is 322 g/mol. The molecular formula is C13H13N5O4S. The van der Waals surface area contributed by atoms with Crippen molar-refractivity contribution in [2.24, 2.45) is 10.9 Å². The molecule has 0 unspecified atom stereocenters. The molecule has 0 aliphatic heterocycles. The number of benzene rings is 1. The van der Waals surface area contributed by atoms with Crippen LogP contribution < -0.4 is 16.7 Å². The van der Waals surface area contributed by atoms with E-state index in [1.807, 2.05) is 5.43 Å². The summed E-state index contributed by atoms with van der Waals surface area (Å²) in [4.78, 5) is 14.9. The summed E-state index contributed by atoms with van der Waals surface area (Å²) >= 11 is 0. The third kappa shape index (κ3) is 4.32. The van der Waals surface area contributed by atoms with Gasteiger partial charge >= 0.3 is 0 Å². The number of nitrogens with one attached hydrogen (secondary N) is 2. The van der Waals surface area contributed by atoms with E-state index in [9.17, 15) is 13.2 Å². The number of carbonyl (C=O) groups is 1. The molecule has 10 heteroatoms. The Morgan fingerprint density at radius 1 is 1.26 bits per heavy atom. The number of pyridine rings is 1. The van der Waals surface area contributed by atoms with E-state index in [0.29, 0.717) is 5.82 Å². The Labute approximate surface area is 132 Å². The van der Waals surface area contributed by atoms with Gasteiger partial charge in [0.1, 0.15) is 10.7 Å². The molecule has 0 atom stereocenters. The van der Waals surface area contributed by atoms with Gasteiger partial charge in [-0.05, 0) is 18.2 Å². The van der Waals surface area contributed by atoms with Crippen LogP contribution in [0.15, 0.2) is 52.6 Å². The van der Waals surface area contributed by atoms with Gasteiger partial charge in [0.05, 0.1) is 11.8 Å². The SMILES string of the molecule is NNC(=O)c1ccc(N/N=C/c2ccccc2S(=O)(=O)O)nc1. The van der Waals surface area contributed by atoms with Crippen LogP contribution in [0.2, 0.25) is 0 Å². The highest BCUT2D eigenvalue weighted by Crippen LogP contribution is 2.13. The first kappa shape index (κ1) is 16.5. The van der Waals surface area contributed by atoms with Crippen LogP contribution in [0, 0.1) is 0 Å². The van der Waals surface area contributed by atoms with Crippen LogP contribution >= 0.6 is 0 Å². The van der Waals surface area contributed by atoms with Gasteiger partial charge in [-0.3, -0.25) is 20.2 Å². The lowest BCUT2D eigenvalue weighted by atomic mass is 10.2. The number of anilines is 1. The van der Waals surface area contributed by atoms with Gasteiger partial charge in [0.2, 0.25) is 0 Å². The van der Waals surface area contributed by atoms with Crippen LogP contribution in [-0.4, -0.2) is 30.1 Å². The summed E-state index contributed by atoms with van der Waals surface area (Å²) in [7, 11) is -4.34. The maximum atomic E-state index is 11.2. The Morgan fingerprint density at radius 3 is 2.61 bits per heavy atom. The first-order valence-electron chi connectivity index (χ1n) is 6.24. The summed E-state index contributed by atoms with van der Waals surface area (Å²) in [6.45, 7) is 0. The molecule has 23 heavy (non-hydrogen) atoms. The number of amides is 1. The minimum absolute atomic E-state index is 0.210. The molecule has 0 radical (unpaired) electrons. The minimum Gasteiger partial charge on any atom is -0.290 e. The largest absolute Gasteiger partial charge is 0.295 e. The molecule has 0 fully saturated rings. The van der Waals surface area contributed by atoms with Crippen molar-refractivity contribution in [2.45, 2.75) is 4.90 Å². The predicted octanol–water partition coefficient (Wildman–Crippen LogP) is 0.378. The average molecular weight is 335 g/mol. The van der Waals surface area contributed by atoms with Gasteiger partial charge in [-0.2, -0.15) is 13.5 Å². The van der Waals surface area contributed by atoms with Crippen molar-refractivity contribution in [3.05, 3.63) is 53.7 Å². The van der Waals surface area contributed by atoms with Crippen molar-refractivity contribution in [1.29, 1.82) is 0 Å². The van der Waals surface area contributed by atoms with Crippen molar-refractivity contribution in [2.75, 3.05) is 5.43 Å². The smallest absolute Gasteiger partial charge is 0.290 e. The van der Waals surface area contributed by atoms with Crippen LogP contribution in [0.3, 0.4) is 0 Å². The molecule has 0 bridgehead atoms. The van der Waals surface area contributed by atoms with Crippen molar-refractivity contribution in [3.63, 3.8) is 0 Å². The van der Waals surface area contributed by atoms with Gasteiger partial charge in [-0.25, -0.2) is 10.8 Å². The van der Waals surface area contributed by atoms with Crippen LogP contribution in [0.4, 0.5) is 5.82 Å². The van der Waals surface area contributed by atoms with Crippen LogP contribution in [0.25, 0.3) is 0 Å². The normalized spacial score (nSPS) is 11.4. The number of nitrogen functional groups attached to an aromatic ring is 1. The summed E-state index contributed by atoms with van der Waals surface area (Å²) in [6, 6.07) is 8.81. The third-order valence-electron chi connectivity index (χ3n) is 2.74. The molecule has 5 N–H and O–H groups in total. The van der Waals surface area contributed by atoms with E-state index in [1.54, 1.807) is 6.07 Å². The van der Waals surface area contributed by atoms with E-state index in [-0.39, 0.29) is 16.0 Å². The molecule has 1 aromatic carbocycles. The summed E-state index contributed by atoms with van der Waals surface area (Å²) < 4.78 is 31.6. The van der Waals surface area contributed by atoms with E-state index in [2.05, 4.69) is 15.5 Å². The lowest BCUT2D eigenvalue weighted by Gasteiger charge is -2.03. The summed E-state index contributed by atoms with van der Waals surface area (Å²) in [5.74, 6) is 4.86. The zero-order valence-corrected chi connectivity index (χ0v) is 12.5. The van der Waals surface area contributed by atoms with Gasteiger partial charge in [0, 0.05) is 11.8 Å². The molecule has 0 saturated heterocycles. The van der Waals surface area contributed by atoms with Gasteiger partial charge in [-0.1, -0.05) is 18.2 Å². The zero-order chi connectivity index (χ0) is 16.9. The standard InChI is InChI=1S/C13H13N5O4S/c14-17-13(19)10-5-6-12(15-7-10)18-16-8-9-3-1-2-4-11(9)23(20,21)22/h1-8H,14H2,(H,15,18)(H,17,19)(H,20,21,22)/b16-8+. The number of hydrazine groups is 1. The fourth-order valence-corrected chi connectivity index (χ4v) is 2.34. The predicted molar refractivity (Wildman–Crippen MR) is 83.4 cm³/mol. The Balaban J connectivity index is 2.12. The maximum absolute atomic E-state index is 11.2. The van der Waals surface area contributed by atoms with Gasteiger partial charge in [-0.15, -0.1) is 0 Å². The highest BCUT2D eigenvalue weighted by Gasteiger charge is 2.13. The first-order chi connectivity index (χ1) is 10.9. The highest BCUT2D eigenvalue weighted by molar-refractivity contribution is 7.86. The Kier molecular flexibility index (Phi) is 5.01. The molecule has 120 valence electrons. The van der Waals surface area contributed by atoms with Crippen molar-refractivity contribution < 1.29 is 17.8 Å². The molecule has 2 aromatic rings. The van der Waals surface area contributed by atoms with Crippen molar-refractivity contribution in [1.82, 2.24) is 10.4 Å². The van der Waals surface area contributed by atoms with E-state index in [1.165, 1.54) is 42.7 Å². The van der Waals surface area contributed by atoms with Crippen LogP contribution in [0.5, 0.6) is 0 Å². The van der Waals surface area contributed by atoms with E-state index in [0.717, 1.165) is 0 Å². The molecule has 1 aromatic heterocycles. The number of nitrogens with zero attached hydrogens (tertiary/aromatic N) is 2. The number of aromatic nitrogens is 1. The van der Waals surface area contributed by atoms with E-state index >= 15 is 0 Å². The zero-order valence-electron chi connectivity index (χ0n) is 11.7. The lowest BCUT2D eigenvalue weighted by molar-refractivity contribution is 0.0953.